The number of nitrogens with zero attached hydrogens (tertiary/aromatic N) is 6. The van der Waals surface area contributed by atoms with Gasteiger partial charge in [-0.25, -0.2) is 29.9 Å². The van der Waals surface area contributed by atoms with Crippen molar-refractivity contribution in [1.29, 1.82) is 0 Å². The average molecular weight is 1260 g/mol. The lowest BCUT2D eigenvalue weighted by molar-refractivity contribution is -0.287. The third-order valence-electron chi connectivity index (χ3n) is 10.2. The summed E-state index contributed by atoms with van der Waals surface area (Å²) in [5.74, 6) is -1.65. The highest BCUT2D eigenvalue weighted by Crippen LogP contribution is 2.63. The van der Waals surface area contributed by atoms with Gasteiger partial charge in [-0.15, -0.1) is 0 Å². The van der Waals surface area contributed by atoms with Crippen LogP contribution in [-0.2, 0) is 10.8 Å². The van der Waals surface area contributed by atoms with Gasteiger partial charge >= 0.3 is 24.7 Å². The van der Waals surface area contributed by atoms with Crippen LogP contribution in [0.15, 0.2) is 100 Å². The van der Waals surface area contributed by atoms with Gasteiger partial charge in [0.15, 0.2) is 0 Å². The number of alkyl halides is 12. The summed E-state index contributed by atoms with van der Waals surface area (Å²) in [7, 11) is 0. The molecule has 6 aromatic rings. The largest absolute Gasteiger partial charge is 0.411 e. The first-order chi connectivity index (χ1) is 28.6. The van der Waals surface area contributed by atoms with E-state index in [1.54, 1.807) is 0 Å². The Morgan fingerprint density at radius 2 is 0.629 bits per heavy atom. The summed E-state index contributed by atoms with van der Waals surface area (Å²) in [6, 6.07) is 15.5. The molecule has 3 aliphatic carbocycles. The summed E-state index contributed by atoms with van der Waals surface area (Å²) in [6.07, 6.45) is -20.0. The van der Waals surface area contributed by atoms with Gasteiger partial charge < -0.3 is 0 Å². The second-order valence-electron chi connectivity index (χ2n) is 13.6. The van der Waals surface area contributed by atoms with Gasteiger partial charge in [0.05, 0.1) is 34.2 Å². The van der Waals surface area contributed by atoms with Crippen LogP contribution in [0, 0.1) is 0 Å². The van der Waals surface area contributed by atoms with E-state index in [1.165, 1.54) is 55.5 Å². The molecule has 9 rings (SSSR count). The van der Waals surface area contributed by atoms with Crippen molar-refractivity contribution >= 4 is 95.6 Å². The highest BCUT2D eigenvalue weighted by molar-refractivity contribution is 9.11. The summed E-state index contributed by atoms with van der Waals surface area (Å²) in [6.45, 7) is 1.17. The van der Waals surface area contributed by atoms with Crippen molar-refractivity contribution < 1.29 is 52.7 Å². The number of halogens is 18. The number of aromatic nitrogens is 6. The SMILES string of the molecule is CC1(C(F)(F)F)c2ccc(Br)nc2-c2nc(Br)ccc21.FC(F)(F)C1(C(F)(F)F)c2ccc(Br)nc2-c2nc(Br)ccc21.FC(F)(F)C1c2ccc(Br)nc2-c2nc(Br)ccc21. The molecule has 24 heteroatoms. The van der Waals surface area contributed by atoms with E-state index in [0.717, 1.165) is 24.3 Å². The van der Waals surface area contributed by atoms with E-state index in [4.69, 9.17) is 0 Å². The molecule has 0 aliphatic heterocycles. The van der Waals surface area contributed by atoms with Crippen LogP contribution >= 0.6 is 95.6 Å². The fourth-order valence-corrected chi connectivity index (χ4v) is 9.36. The molecule has 0 spiro atoms. The fraction of sp³-hybridized carbons (Fsp3) is 0.211. The van der Waals surface area contributed by atoms with Gasteiger partial charge in [-0.1, -0.05) is 36.4 Å². The highest BCUT2D eigenvalue weighted by atomic mass is 79.9. The van der Waals surface area contributed by atoms with E-state index in [0.29, 0.717) is 18.4 Å². The minimum atomic E-state index is -5.60. The summed E-state index contributed by atoms with van der Waals surface area (Å²) >= 11 is 18.7. The number of fused-ring (bicyclic) bond motifs is 9. The van der Waals surface area contributed by atoms with Crippen molar-refractivity contribution in [2.24, 2.45) is 0 Å². The van der Waals surface area contributed by atoms with Crippen LogP contribution < -0.4 is 0 Å². The third kappa shape index (κ3) is 7.72. The predicted octanol–water partition coefficient (Wildman–Crippen LogP) is 14.9. The van der Waals surface area contributed by atoms with Gasteiger partial charge in [-0.2, -0.15) is 52.7 Å². The summed E-state index contributed by atoms with van der Waals surface area (Å²) < 4.78 is 165. The Morgan fingerprint density at radius 1 is 0.371 bits per heavy atom. The molecule has 0 fully saturated rings. The van der Waals surface area contributed by atoms with Crippen LogP contribution in [0.3, 0.4) is 0 Å². The van der Waals surface area contributed by atoms with Gasteiger partial charge in [0.2, 0.25) is 5.41 Å². The quantitative estimate of drug-likeness (QED) is 0.111. The normalized spacial score (nSPS) is 15.5. The second-order valence-corrected chi connectivity index (χ2v) is 18.5. The average Bonchev–Trinajstić information content (AvgIpc) is 3.73. The molecule has 3 aliphatic rings. The van der Waals surface area contributed by atoms with Crippen molar-refractivity contribution in [3.8, 4) is 34.2 Å². The number of rotatable bonds is 0. The monoisotopic (exact) mass is 1260 g/mol. The predicted molar refractivity (Wildman–Crippen MR) is 222 cm³/mol. The lowest BCUT2D eigenvalue weighted by atomic mass is 9.77. The molecule has 62 heavy (non-hydrogen) atoms. The minimum Gasteiger partial charge on any atom is -0.239 e. The first-order valence-electron chi connectivity index (χ1n) is 16.9. The van der Waals surface area contributed by atoms with Crippen molar-refractivity contribution in [2.75, 3.05) is 0 Å². The van der Waals surface area contributed by atoms with Gasteiger partial charge in [-0.05, 0) is 161 Å². The van der Waals surface area contributed by atoms with E-state index in [1.807, 2.05) is 0 Å². The molecule has 0 aromatic carbocycles. The molecule has 324 valence electrons. The minimum absolute atomic E-state index is 0.115. The van der Waals surface area contributed by atoms with Crippen molar-refractivity contribution in [1.82, 2.24) is 29.9 Å². The molecule has 6 aromatic heterocycles. The maximum atomic E-state index is 13.7. The third-order valence-corrected chi connectivity index (χ3v) is 12.8. The number of pyridine rings is 6. The Hall–Kier alpha value is -3.06. The molecule has 0 saturated carbocycles. The Kier molecular flexibility index (Phi) is 12.2. The zero-order valence-electron chi connectivity index (χ0n) is 30.0. The molecule has 0 saturated heterocycles. The highest BCUT2D eigenvalue weighted by Gasteiger charge is 2.76. The molecule has 6 heterocycles. The molecule has 0 atom stereocenters. The van der Waals surface area contributed by atoms with Crippen LogP contribution in [0.2, 0.25) is 0 Å². The Balaban J connectivity index is 0.000000141. The van der Waals surface area contributed by atoms with Crippen LogP contribution in [0.4, 0.5) is 52.7 Å². The summed E-state index contributed by atoms with van der Waals surface area (Å²) in [5, 5.41) is 0. The van der Waals surface area contributed by atoms with E-state index >= 15 is 0 Å². The molecular weight excluding hydrogens is 1250 g/mol. The van der Waals surface area contributed by atoms with E-state index in [9.17, 15) is 52.7 Å². The van der Waals surface area contributed by atoms with Crippen molar-refractivity contribution in [3.05, 3.63) is 134 Å². The van der Waals surface area contributed by atoms with E-state index in [-0.39, 0.29) is 54.2 Å². The Labute approximate surface area is 391 Å². The molecule has 0 radical (unpaired) electrons. The topological polar surface area (TPSA) is 77.3 Å². The molecule has 0 amide bonds. The van der Waals surface area contributed by atoms with Crippen LogP contribution in [0.1, 0.15) is 46.2 Å². The maximum Gasteiger partial charge on any atom is 0.411 e. The molecule has 0 bridgehead atoms. The second kappa shape index (κ2) is 16.1. The number of hydrogen-bond donors (Lipinski definition) is 0. The lowest BCUT2D eigenvalue weighted by Gasteiger charge is -2.35. The smallest absolute Gasteiger partial charge is 0.239 e. The zero-order valence-corrected chi connectivity index (χ0v) is 39.5. The van der Waals surface area contributed by atoms with E-state index in [2.05, 4.69) is 125 Å². The van der Waals surface area contributed by atoms with Gasteiger partial charge in [0.1, 0.15) is 39.0 Å². The van der Waals surface area contributed by atoms with Crippen molar-refractivity contribution in [2.45, 2.75) is 48.4 Å². The molecular formula is C38H16Br6F12N6. The van der Waals surface area contributed by atoms with Crippen LogP contribution in [-0.4, -0.2) is 54.6 Å². The Morgan fingerprint density at radius 3 is 0.903 bits per heavy atom. The first kappa shape index (κ1) is 46.9. The summed E-state index contributed by atoms with van der Waals surface area (Å²) in [5.41, 5.74) is -7.37. The van der Waals surface area contributed by atoms with E-state index < -0.39 is 64.0 Å². The zero-order chi connectivity index (χ0) is 45.7. The number of hydrogen-bond acceptors (Lipinski definition) is 6. The Bertz CT molecular complexity index is 2610. The first-order valence-corrected chi connectivity index (χ1v) is 21.7. The van der Waals surface area contributed by atoms with Crippen LogP contribution in [0.5, 0.6) is 0 Å². The molecule has 0 N–H and O–H groups in total. The maximum absolute atomic E-state index is 13.7. The summed E-state index contributed by atoms with van der Waals surface area (Å²) in [4.78, 5) is 24.2. The van der Waals surface area contributed by atoms with Gasteiger partial charge in [0, 0.05) is 11.1 Å². The van der Waals surface area contributed by atoms with Crippen molar-refractivity contribution in [3.63, 3.8) is 0 Å². The fourth-order valence-electron chi connectivity index (χ4n) is 7.50. The molecule has 6 nitrogen and oxygen atoms in total. The van der Waals surface area contributed by atoms with Gasteiger partial charge in [0.25, 0.3) is 0 Å². The molecule has 0 unspecified atom stereocenters. The lowest BCUT2D eigenvalue weighted by Crippen LogP contribution is -2.53. The van der Waals surface area contributed by atoms with Crippen LogP contribution in [0.25, 0.3) is 34.2 Å². The van der Waals surface area contributed by atoms with Gasteiger partial charge in [-0.3, -0.25) is 0 Å². The standard InChI is InChI=1S/C13H4Br2F6N2.C13H7Br2F3N2.C12H5Br2F3N2/c14-7-3-1-5-9(22-7)10-6(2-4-8(15)23-10)11(5,12(16,17)18)13(19,20)21;1-12(13(16,17)18)6-2-4-8(14)19-10(6)11-7(12)3-5-9(15)20-11;13-7-3-1-5-9(12(15,16)17)6-2-4-8(14)19-11(6)10(5)18-7/h1-4H;2-5H,1H3;1-4,9H.